The van der Waals surface area contributed by atoms with Gasteiger partial charge in [-0.25, -0.2) is 0 Å². The summed E-state index contributed by atoms with van der Waals surface area (Å²) < 4.78 is 11.4. The van der Waals surface area contributed by atoms with Crippen molar-refractivity contribution in [2.75, 3.05) is 13.2 Å². The van der Waals surface area contributed by atoms with Crippen LogP contribution in [0.1, 0.15) is 32.6 Å². The summed E-state index contributed by atoms with van der Waals surface area (Å²) in [6.07, 6.45) is 3.31. The normalized spacial score (nSPS) is 44.9. The van der Waals surface area contributed by atoms with Gasteiger partial charge in [0.1, 0.15) is 5.78 Å². The van der Waals surface area contributed by atoms with Crippen LogP contribution >= 0.6 is 0 Å². The average molecular weight is 196 g/mol. The molecule has 3 heteroatoms. The van der Waals surface area contributed by atoms with E-state index in [2.05, 4.69) is 6.92 Å². The third-order valence-corrected chi connectivity index (χ3v) is 4.10. The zero-order chi connectivity index (χ0) is 9.81. The van der Waals surface area contributed by atoms with Crippen molar-refractivity contribution in [2.45, 2.75) is 38.4 Å². The first-order chi connectivity index (χ1) is 6.62. The monoisotopic (exact) mass is 196 g/mol. The molecule has 0 aromatic heterocycles. The van der Waals surface area contributed by atoms with Gasteiger partial charge in [-0.15, -0.1) is 0 Å². The topological polar surface area (TPSA) is 35.5 Å². The molecule has 3 aliphatic rings. The molecule has 78 valence electrons. The number of ketones is 1. The summed E-state index contributed by atoms with van der Waals surface area (Å²) in [5.74, 6) is 0.596. The van der Waals surface area contributed by atoms with Crippen molar-refractivity contribution in [1.82, 2.24) is 0 Å². The van der Waals surface area contributed by atoms with E-state index in [4.69, 9.17) is 9.47 Å². The fourth-order valence-electron chi connectivity index (χ4n) is 3.49. The second kappa shape index (κ2) is 2.58. The molecule has 3 nitrogen and oxygen atoms in total. The number of fused-ring (bicyclic) bond motifs is 1. The van der Waals surface area contributed by atoms with Gasteiger partial charge in [-0.1, -0.05) is 6.92 Å². The summed E-state index contributed by atoms with van der Waals surface area (Å²) in [6.45, 7) is 3.65. The molecule has 0 radical (unpaired) electrons. The molecule has 0 aromatic rings. The van der Waals surface area contributed by atoms with Crippen molar-refractivity contribution in [2.24, 2.45) is 11.3 Å². The molecule has 1 saturated heterocycles. The molecule has 3 fully saturated rings. The van der Waals surface area contributed by atoms with Crippen LogP contribution in [0.25, 0.3) is 0 Å². The highest BCUT2D eigenvalue weighted by atomic mass is 16.7. The number of Topliss-reactive ketones (excluding diaryl/α,β-unsaturated/α-hetero) is 1. The first kappa shape index (κ1) is 8.86. The third-order valence-electron chi connectivity index (χ3n) is 4.10. The molecule has 14 heavy (non-hydrogen) atoms. The number of rotatable bonds is 0. The Morgan fingerprint density at radius 3 is 2.71 bits per heavy atom. The Labute approximate surface area is 83.8 Å². The highest BCUT2D eigenvalue weighted by Gasteiger charge is 2.58. The second-order valence-corrected chi connectivity index (χ2v) is 5.26. The van der Waals surface area contributed by atoms with Gasteiger partial charge in [0.05, 0.1) is 13.2 Å². The van der Waals surface area contributed by atoms with Crippen LogP contribution in [-0.4, -0.2) is 24.8 Å². The summed E-state index contributed by atoms with van der Waals surface area (Å²) in [7, 11) is 0. The smallest absolute Gasteiger partial charge is 0.169 e. The predicted octanol–water partition coefficient (Wildman–Crippen LogP) is 1.51. The van der Waals surface area contributed by atoms with Gasteiger partial charge in [-0.3, -0.25) is 4.79 Å². The molecule has 1 aliphatic heterocycles. The Kier molecular flexibility index (Phi) is 1.63. The first-order valence-corrected chi connectivity index (χ1v) is 5.42. The fraction of sp³-hybridized carbons (Fsp3) is 0.909. The Balaban J connectivity index is 1.85. The molecule has 2 unspecified atom stereocenters. The lowest BCUT2D eigenvalue weighted by Gasteiger charge is -2.25. The molecule has 0 bridgehead atoms. The Morgan fingerprint density at radius 2 is 2.07 bits per heavy atom. The van der Waals surface area contributed by atoms with Crippen LogP contribution in [0.3, 0.4) is 0 Å². The van der Waals surface area contributed by atoms with E-state index in [1.807, 2.05) is 0 Å². The molecule has 1 heterocycles. The highest BCUT2D eigenvalue weighted by Crippen LogP contribution is 2.58. The van der Waals surface area contributed by atoms with Crippen LogP contribution in [0.2, 0.25) is 0 Å². The maximum absolute atomic E-state index is 11.4. The standard InChI is InChI=1S/C11H16O3/c1-10-6-9(12)4-8(10)5-11(7-10)13-2-3-14-11/h8H,2-7H2,1H3. The van der Waals surface area contributed by atoms with Gasteiger partial charge in [0.25, 0.3) is 0 Å². The fourth-order valence-corrected chi connectivity index (χ4v) is 3.49. The maximum atomic E-state index is 11.4. The van der Waals surface area contributed by atoms with Gasteiger partial charge in [-0.05, 0) is 11.3 Å². The van der Waals surface area contributed by atoms with Crippen molar-refractivity contribution in [3.8, 4) is 0 Å². The van der Waals surface area contributed by atoms with Gasteiger partial charge < -0.3 is 9.47 Å². The van der Waals surface area contributed by atoms with E-state index < -0.39 is 0 Å². The summed E-state index contributed by atoms with van der Waals surface area (Å²) in [5.41, 5.74) is 0.154. The molecule has 0 N–H and O–H groups in total. The zero-order valence-electron chi connectivity index (χ0n) is 8.54. The number of carbonyl (C=O) groups is 1. The van der Waals surface area contributed by atoms with E-state index in [0.717, 1.165) is 38.9 Å². The number of hydrogen-bond acceptors (Lipinski definition) is 3. The number of carbonyl (C=O) groups excluding carboxylic acids is 1. The lowest BCUT2D eigenvalue weighted by molar-refractivity contribution is -0.158. The van der Waals surface area contributed by atoms with Gasteiger partial charge in [0, 0.05) is 25.7 Å². The third kappa shape index (κ3) is 1.09. The van der Waals surface area contributed by atoms with E-state index in [0.29, 0.717) is 11.7 Å². The van der Waals surface area contributed by atoms with E-state index in [1.54, 1.807) is 0 Å². The molecular weight excluding hydrogens is 180 g/mol. The molecular formula is C11H16O3. The maximum Gasteiger partial charge on any atom is 0.169 e. The van der Waals surface area contributed by atoms with Crippen LogP contribution in [0.4, 0.5) is 0 Å². The summed E-state index contributed by atoms with van der Waals surface area (Å²) in [6, 6.07) is 0. The molecule has 1 spiro atoms. The largest absolute Gasteiger partial charge is 0.348 e. The first-order valence-electron chi connectivity index (χ1n) is 5.42. The number of ether oxygens (including phenoxy) is 2. The van der Waals surface area contributed by atoms with Crippen LogP contribution in [0, 0.1) is 11.3 Å². The van der Waals surface area contributed by atoms with Crippen molar-refractivity contribution in [1.29, 1.82) is 0 Å². The van der Waals surface area contributed by atoms with Crippen LogP contribution < -0.4 is 0 Å². The van der Waals surface area contributed by atoms with Crippen molar-refractivity contribution < 1.29 is 14.3 Å². The predicted molar refractivity (Wildman–Crippen MR) is 49.7 cm³/mol. The average Bonchev–Trinajstić information content (AvgIpc) is 2.65. The van der Waals surface area contributed by atoms with Crippen LogP contribution in [0.5, 0.6) is 0 Å². The minimum atomic E-state index is -0.319. The molecule has 2 saturated carbocycles. The van der Waals surface area contributed by atoms with Gasteiger partial charge >= 0.3 is 0 Å². The second-order valence-electron chi connectivity index (χ2n) is 5.26. The lowest BCUT2D eigenvalue weighted by atomic mass is 9.83. The molecule has 3 rings (SSSR count). The van der Waals surface area contributed by atoms with E-state index >= 15 is 0 Å². The molecule has 0 amide bonds. The Bertz CT molecular complexity index is 280. The van der Waals surface area contributed by atoms with Crippen molar-refractivity contribution in [3.05, 3.63) is 0 Å². The van der Waals surface area contributed by atoms with Crippen molar-refractivity contribution in [3.63, 3.8) is 0 Å². The zero-order valence-corrected chi connectivity index (χ0v) is 8.54. The van der Waals surface area contributed by atoms with Crippen molar-refractivity contribution >= 4 is 5.78 Å². The van der Waals surface area contributed by atoms with E-state index in [-0.39, 0.29) is 11.2 Å². The molecule has 0 aromatic carbocycles. The molecule has 2 aliphatic carbocycles. The SMILES string of the molecule is CC12CC(=O)CC1CC1(C2)OCCO1. The summed E-state index contributed by atoms with van der Waals surface area (Å²) in [4.78, 5) is 11.4. The quantitative estimate of drug-likeness (QED) is 0.589. The lowest BCUT2D eigenvalue weighted by Crippen LogP contribution is -2.28. The molecule has 2 atom stereocenters. The van der Waals surface area contributed by atoms with E-state index in [9.17, 15) is 4.79 Å². The summed E-state index contributed by atoms with van der Waals surface area (Å²) in [5, 5.41) is 0. The number of hydrogen-bond donors (Lipinski definition) is 0. The van der Waals surface area contributed by atoms with Crippen LogP contribution in [-0.2, 0) is 14.3 Å². The summed E-state index contributed by atoms with van der Waals surface area (Å²) >= 11 is 0. The van der Waals surface area contributed by atoms with Gasteiger partial charge in [0.2, 0.25) is 0 Å². The van der Waals surface area contributed by atoms with Gasteiger partial charge in [-0.2, -0.15) is 0 Å². The van der Waals surface area contributed by atoms with Gasteiger partial charge in [0.15, 0.2) is 5.79 Å². The minimum absolute atomic E-state index is 0.154. The minimum Gasteiger partial charge on any atom is -0.348 e. The Hall–Kier alpha value is -0.410. The highest BCUT2D eigenvalue weighted by molar-refractivity contribution is 5.82. The Morgan fingerprint density at radius 1 is 1.36 bits per heavy atom. The van der Waals surface area contributed by atoms with E-state index in [1.165, 1.54) is 0 Å². The van der Waals surface area contributed by atoms with Crippen LogP contribution in [0.15, 0.2) is 0 Å².